The molecule has 1 atom stereocenters. The lowest BCUT2D eigenvalue weighted by Gasteiger charge is -2.31. The van der Waals surface area contributed by atoms with E-state index in [-0.39, 0.29) is 17.7 Å². The van der Waals surface area contributed by atoms with Gasteiger partial charge in [0.1, 0.15) is 0 Å². The Morgan fingerprint density at radius 1 is 1.19 bits per heavy atom. The second kappa shape index (κ2) is 6.88. The average Bonchev–Trinajstić information content (AvgIpc) is 3.24. The van der Waals surface area contributed by atoms with Crippen molar-refractivity contribution in [1.82, 2.24) is 4.90 Å². The molecule has 0 radical (unpaired) electrons. The van der Waals surface area contributed by atoms with Crippen molar-refractivity contribution in [1.29, 1.82) is 0 Å². The van der Waals surface area contributed by atoms with Crippen molar-refractivity contribution in [3.63, 3.8) is 0 Å². The highest BCUT2D eigenvalue weighted by molar-refractivity contribution is 7.13. The van der Waals surface area contributed by atoms with Gasteiger partial charge < -0.3 is 10.6 Å². The molecule has 1 unspecified atom stereocenters. The maximum atomic E-state index is 12.5. The van der Waals surface area contributed by atoms with E-state index in [4.69, 9.17) is 5.73 Å². The van der Waals surface area contributed by atoms with Crippen molar-refractivity contribution in [2.45, 2.75) is 32.1 Å². The lowest BCUT2D eigenvalue weighted by molar-refractivity contribution is -0.138. The van der Waals surface area contributed by atoms with E-state index in [9.17, 15) is 9.59 Å². The number of benzene rings is 1. The smallest absolute Gasteiger partial charge is 0.225 e. The van der Waals surface area contributed by atoms with Gasteiger partial charge in [0.25, 0.3) is 0 Å². The summed E-state index contributed by atoms with van der Waals surface area (Å²) in [7, 11) is 0. The van der Waals surface area contributed by atoms with Crippen LogP contribution in [0.25, 0.3) is 10.4 Å². The van der Waals surface area contributed by atoms with Gasteiger partial charge in [-0.25, -0.2) is 0 Å². The highest BCUT2D eigenvalue weighted by Crippen LogP contribution is 2.37. The first kappa shape index (κ1) is 17.3. The Morgan fingerprint density at radius 3 is 2.54 bits per heavy atom. The van der Waals surface area contributed by atoms with Crippen LogP contribution in [0.1, 0.15) is 31.2 Å². The topological polar surface area (TPSA) is 63.4 Å². The highest BCUT2D eigenvalue weighted by Gasteiger charge is 2.46. The van der Waals surface area contributed by atoms with Crippen LogP contribution in [0.4, 0.5) is 0 Å². The van der Waals surface area contributed by atoms with Crippen LogP contribution in [-0.4, -0.2) is 29.8 Å². The van der Waals surface area contributed by atoms with Gasteiger partial charge in [-0.2, -0.15) is 0 Å². The molecule has 2 heterocycles. The average molecular weight is 369 g/mol. The van der Waals surface area contributed by atoms with Crippen LogP contribution in [0.15, 0.2) is 41.8 Å². The molecule has 26 heavy (non-hydrogen) atoms. The van der Waals surface area contributed by atoms with E-state index in [1.807, 2.05) is 11.0 Å². The van der Waals surface area contributed by atoms with E-state index in [0.717, 1.165) is 24.8 Å². The summed E-state index contributed by atoms with van der Waals surface area (Å²) < 4.78 is 0. The molecule has 0 spiro atoms. The molecule has 4 nitrogen and oxygen atoms in total. The third kappa shape index (κ3) is 3.16. The van der Waals surface area contributed by atoms with Crippen molar-refractivity contribution in [2.75, 3.05) is 13.1 Å². The number of carbonyl (C=O) groups excluding carboxylic acids is 2. The van der Waals surface area contributed by atoms with Crippen LogP contribution in [0.2, 0.25) is 0 Å². The number of carbonyl (C=O) groups is 2. The Bertz CT molecular complexity index is 796. The van der Waals surface area contributed by atoms with E-state index in [1.165, 1.54) is 10.4 Å². The molecule has 0 bridgehead atoms. The van der Waals surface area contributed by atoms with Gasteiger partial charge in [0, 0.05) is 23.9 Å². The normalized spacial score (nSPS) is 23.0. The highest BCUT2D eigenvalue weighted by atomic mass is 32.1. The summed E-state index contributed by atoms with van der Waals surface area (Å²) in [5.74, 6) is 0.0971. The Hall–Kier alpha value is -2.14. The lowest BCUT2D eigenvalue weighted by atomic mass is 9.79. The minimum Gasteiger partial charge on any atom is -0.369 e. The second-order valence-electron chi connectivity index (χ2n) is 7.63. The maximum Gasteiger partial charge on any atom is 0.225 e. The maximum absolute atomic E-state index is 12.5. The van der Waals surface area contributed by atoms with Crippen molar-refractivity contribution in [2.24, 2.45) is 17.1 Å². The van der Waals surface area contributed by atoms with Crippen molar-refractivity contribution < 1.29 is 9.59 Å². The van der Waals surface area contributed by atoms with Gasteiger partial charge in [-0.05, 0) is 48.3 Å². The number of nitrogens with zero attached hydrogens (tertiary/aromatic N) is 1. The molecule has 2 N–H and O–H groups in total. The molecule has 1 aliphatic carbocycles. The first-order valence-electron chi connectivity index (χ1n) is 9.29. The van der Waals surface area contributed by atoms with E-state index in [2.05, 4.69) is 35.7 Å². The number of nitrogens with two attached hydrogens (primary N) is 1. The zero-order valence-electron chi connectivity index (χ0n) is 14.8. The van der Waals surface area contributed by atoms with Crippen molar-refractivity contribution in [3.05, 3.63) is 47.3 Å². The third-order valence-electron chi connectivity index (χ3n) is 5.94. The van der Waals surface area contributed by atoms with Gasteiger partial charge >= 0.3 is 0 Å². The van der Waals surface area contributed by atoms with Crippen molar-refractivity contribution >= 4 is 23.2 Å². The number of likely N-dealkylation sites (tertiary alicyclic amines) is 1. The van der Waals surface area contributed by atoms with Crippen LogP contribution in [0.3, 0.4) is 0 Å². The van der Waals surface area contributed by atoms with Gasteiger partial charge in [0.05, 0.1) is 5.41 Å². The molecule has 5 heteroatoms. The molecule has 1 saturated heterocycles. The number of rotatable bonds is 5. The van der Waals surface area contributed by atoms with E-state index in [1.54, 1.807) is 11.3 Å². The first-order valence-corrected chi connectivity index (χ1v) is 10.2. The van der Waals surface area contributed by atoms with E-state index < -0.39 is 5.41 Å². The SMILES string of the molecule is NC(=O)C1(Cc2ccc(-c3cccs3)cc2)CCN(C(=O)C2CCC2)C1. The molecule has 1 saturated carbocycles. The standard InChI is InChI=1S/C21H24N2O2S/c22-20(25)21(10-11-23(14-21)19(24)17-3-1-4-17)13-15-6-8-16(9-7-15)18-5-2-12-26-18/h2,5-9,12,17H,1,3-4,10-11,13-14H2,(H2,22,25). The van der Waals surface area contributed by atoms with Crippen LogP contribution >= 0.6 is 11.3 Å². The quantitative estimate of drug-likeness (QED) is 0.878. The summed E-state index contributed by atoms with van der Waals surface area (Å²) >= 11 is 1.71. The molecule has 2 amide bonds. The van der Waals surface area contributed by atoms with Gasteiger partial charge in [-0.15, -0.1) is 11.3 Å². The molecule has 2 aromatic rings. The Labute approximate surface area is 158 Å². The fourth-order valence-electron chi connectivity index (χ4n) is 4.03. The van der Waals surface area contributed by atoms with Crippen LogP contribution in [0.5, 0.6) is 0 Å². The second-order valence-corrected chi connectivity index (χ2v) is 8.58. The fourth-order valence-corrected chi connectivity index (χ4v) is 4.76. The van der Waals surface area contributed by atoms with Gasteiger partial charge in [0.15, 0.2) is 0 Å². The zero-order valence-corrected chi connectivity index (χ0v) is 15.6. The monoisotopic (exact) mass is 368 g/mol. The Kier molecular flexibility index (Phi) is 4.57. The van der Waals surface area contributed by atoms with Crippen LogP contribution in [0, 0.1) is 11.3 Å². The summed E-state index contributed by atoms with van der Waals surface area (Å²) in [6, 6.07) is 12.5. The molecular formula is C21H24N2O2S. The number of thiophene rings is 1. The number of hydrogen-bond acceptors (Lipinski definition) is 3. The third-order valence-corrected chi connectivity index (χ3v) is 6.86. The Balaban J connectivity index is 1.49. The molecule has 136 valence electrons. The summed E-state index contributed by atoms with van der Waals surface area (Å²) in [5, 5.41) is 2.07. The minimum absolute atomic E-state index is 0.170. The predicted molar refractivity (Wildman–Crippen MR) is 104 cm³/mol. The molecule has 2 aliphatic rings. The molecule has 1 aliphatic heterocycles. The predicted octanol–water partition coefficient (Wildman–Crippen LogP) is 3.46. The largest absolute Gasteiger partial charge is 0.369 e. The zero-order chi connectivity index (χ0) is 18.1. The molecule has 1 aromatic heterocycles. The lowest BCUT2D eigenvalue weighted by Crippen LogP contribution is -2.44. The summed E-state index contributed by atoms with van der Waals surface area (Å²) in [6.45, 7) is 1.11. The van der Waals surface area contributed by atoms with Crippen molar-refractivity contribution in [3.8, 4) is 10.4 Å². The number of amides is 2. The van der Waals surface area contributed by atoms with Crippen LogP contribution < -0.4 is 5.73 Å². The molecular weight excluding hydrogens is 344 g/mol. The van der Waals surface area contributed by atoms with E-state index in [0.29, 0.717) is 25.9 Å². The van der Waals surface area contributed by atoms with E-state index >= 15 is 0 Å². The number of primary amides is 1. The number of hydrogen-bond donors (Lipinski definition) is 1. The summed E-state index contributed by atoms with van der Waals surface area (Å²) in [4.78, 5) is 27.9. The Morgan fingerprint density at radius 2 is 1.96 bits per heavy atom. The van der Waals surface area contributed by atoms with Crippen LogP contribution in [-0.2, 0) is 16.0 Å². The fraction of sp³-hybridized carbons (Fsp3) is 0.429. The molecule has 4 rings (SSSR count). The summed E-state index contributed by atoms with van der Waals surface area (Å²) in [6.07, 6.45) is 4.38. The minimum atomic E-state index is -0.635. The first-order chi connectivity index (χ1) is 12.6. The van der Waals surface area contributed by atoms with Gasteiger partial charge in [0.2, 0.25) is 11.8 Å². The molecule has 2 fully saturated rings. The summed E-state index contributed by atoms with van der Waals surface area (Å²) in [5.41, 5.74) is 7.45. The molecule has 1 aromatic carbocycles. The van der Waals surface area contributed by atoms with Gasteiger partial charge in [-0.1, -0.05) is 36.8 Å². The van der Waals surface area contributed by atoms with Gasteiger partial charge in [-0.3, -0.25) is 9.59 Å².